The number of hydrogen-bond donors (Lipinski definition) is 2. The van der Waals surface area contributed by atoms with E-state index in [0.717, 1.165) is 21.9 Å². The van der Waals surface area contributed by atoms with Crippen LogP contribution in [0, 0.1) is 0 Å². The van der Waals surface area contributed by atoms with Crippen LogP contribution in [0.3, 0.4) is 0 Å². The summed E-state index contributed by atoms with van der Waals surface area (Å²) in [6.45, 7) is 0. The molecule has 49 heavy (non-hydrogen) atoms. The summed E-state index contributed by atoms with van der Waals surface area (Å²) in [5.74, 6) is -2.77. The Bertz CT molecular complexity index is 2260. The Hall–Kier alpha value is -6.52. The zero-order valence-corrected chi connectivity index (χ0v) is 26.5. The van der Waals surface area contributed by atoms with Crippen LogP contribution in [0.5, 0.6) is 0 Å². The zero-order valence-electron chi connectivity index (χ0n) is 26.5. The van der Waals surface area contributed by atoms with E-state index >= 15 is 0 Å². The molecule has 4 heteroatoms. The topological polar surface area (TPSA) is 74.6 Å². The van der Waals surface area contributed by atoms with Crippen LogP contribution in [0.4, 0.5) is 0 Å². The Kier molecular flexibility index (Phi) is 8.68. The van der Waals surface area contributed by atoms with Crippen LogP contribution in [0.1, 0.15) is 43.3 Å². The average molecular weight is 637 g/mol. The first-order valence-corrected chi connectivity index (χ1v) is 16.1. The molecule has 1 unspecified atom stereocenters. The van der Waals surface area contributed by atoms with E-state index in [4.69, 9.17) is 0 Å². The zero-order chi connectivity index (χ0) is 33.7. The lowest BCUT2D eigenvalue weighted by Gasteiger charge is -2.23. The lowest BCUT2D eigenvalue weighted by atomic mass is 9.80. The summed E-state index contributed by atoms with van der Waals surface area (Å²) in [6.07, 6.45) is 3.91. The third-order valence-corrected chi connectivity index (χ3v) is 8.94. The van der Waals surface area contributed by atoms with Crippen molar-refractivity contribution in [3.05, 3.63) is 198 Å². The van der Waals surface area contributed by atoms with Gasteiger partial charge in [-0.3, -0.25) is 0 Å². The highest BCUT2D eigenvalue weighted by Crippen LogP contribution is 2.41. The van der Waals surface area contributed by atoms with Gasteiger partial charge in [-0.2, -0.15) is 0 Å². The summed E-state index contributed by atoms with van der Waals surface area (Å²) >= 11 is 0. The lowest BCUT2D eigenvalue weighted by molar-refractivity contribution is 0.0650. The Balaban J connectivity index is 0.000000154. The molecule has 0 saturated heterocycles. The molecule has 0 bridgehead atoms. The molecule has 7 aromatic carbocycles. The van der Waals surface area contributed by atoms with Crippen molar-refractivity contribution in [1.82, 2.24) is 0 Å². The molecule has 0 saturated carbocycles. The van der Waals surface area contributed by atoms with Crippen LogP contribution in [-0.4, -0.2) is 22.2 Å². The molecule has 0 radical (unpaired) electrons. The third-order valence-electron chi connectivity index (χ3n) is 8.94. The Morgan fingerprint density at radius 1 is 0.469 bits per heavy atom. The van der Waals surface area contributed by atoms with E-state index in [2.05, 4.69) is 109 Å². The van der Waals surface area contributed by atoms with Gasteiger partial charge in [-0.1, -0.05) is 170 Å². The molecular formula is C45H32O4. The summed E-state index contributed by atoms with van der Waals surface area (Å²) in [4.78, 5) is 23.3. The van der Waals surface area contributed by atoms with Crippen molar-refractivity contribution >= 4 is 28.8 Å². The number of aromatic carboxylic acids is 2. The molecule has 0 aromatic heterocycles. The summed E-state index contributed by atoms with van der Waals surface area (Å²) in [7, 11) is 0. The van der Waals surface area contributed by atoms with Gasteiger partial charge >= 0.3 is 11.9 Å². The molecule has 236 valence electrons. The van der Waals surface area contributed by atoms with Gasteiger partial charge < -0.3 is 10.2 Å². The monoisotopic (exact) mass is 636 g/mol. The molecule has 1 atom stereocenters. The summed E-state index contributed by atoms with van der Waals surface area (Å²) < 4.78 is 0. The van der Waals surface area contributed by atoms with E-state index in [-0.39, 0.29) is 17.0 Å². The van der Waals surface area contributed by atoms with Crippen molar-refractivity contribution in [2.75, 3.05) is 0 Å². The van der Waals surface area contributed by atoms with Crippen LogP contribution in [0.25, 0.3) is 50.2 Å². The van der Waals surface area contributed by atoms with E-state index in [0.29, 0.717) is 5.56 Å². The van der Waals surface area contributed by atoms with Crippen molar-refractivity contribution in [2.45, 2.75) is 5.92 Å². The van der Waals surface area contributed by atoms with E-state index in [9.17, 15) is 19.8 Å². The van der Waals surface area contributed by atoms with Gasteiger partial charge in [0.1, 0.15) is 0 Å². The van der Waals surface area contributed by atoms with Crippen LogP contribution in [-0.2, 0) is 0 Å². The second kappa shape index (κ2) is 13.7. The highest BCUT2D eigenvalue weighted by atomic mass is 16.4. The maximum absolute atomic E-state index is 11.8. The van der Waals surface area contributed by atoms with E-state index in [1.54, 1.807) is 12.1 Å². The van der Waals surface area contributed by atoms with Crippen molar-refractivity contribution in [2.24, 2.45) is 0 Å². The molecule has 2 N–H and O–H groups in total. The quantitative estimate of drug-likeness (QED) is 0.190. The SMILES string of the molecule is O=C(O)c1cccc(C2C=Cc3cccc4cccc2c34)c1C(=O)O.c1ccc(-c2cccc(-c3ccccc3)c2-c2ccccc2)cc1. The average Bonchev–Trinajstić information content (AvgIpc) is 3.16. The van der Waals surface area contributed by atoms with Crippen LogP contribution in [0.2, 0.25) is 0 Å². The van der Waals surface area contributed by atoms with Gasteiger partial charge in [0.25, 0.3) is 0 Å². The highest BCUT2D eigenvalue weighted by molar-refractivity contribution is 6.04. The number of allylic oxidation sites excluding steroid dienone is 1. The Labute approximate surface area is 284 Å². The molecule has 1 aliphatic carbocycles. The minimum absolute atomic E-state index is 0.152. The number of carbonyl (C=O) groups is 2. The molecule has 0 spiro atoms. The van der Waals surface area contributed by atoms with Crippen molar-refractivity contribution in [3.8, 4) is 33.4 Å². The largest absolute Gasteiger partial charge is 0.478 e. The maximum atomic E-state index is 11.8. The van der Waals surface area contributed by atoms with Crippen LogP contribution < -0.4 is 0 Å². The van der Waals surface area contributed by atoms with Crippen LogP contribution >= 0.6 is 0 Å². The van der Waals surface area contributed by atoms with Crippen molar-refractivity contribution < 1.29 is 19.8 Å². The van der Waals surface area contributed by atoms with Gasteiger partial charge in [0, 0.05) is 5.92 Å². The summed E-state index contributed by atoms with van der Waals surface area (Å²) in [5, 5.41) is 21.2. The van der Waals surface area contributed by atoms with E-state index < -0.39 is 11.9 Å². The normalized spacial score (nSPS) is 12.9. The summed E-state index contributed by atoms with van der Waals surface area (Å²) in [5.41, 5.74) is 9.77. The Morgan fingerprint density at radius 3 is 1.55 bits per heavy atom. The smallest absolute Gasteiger partial charge is 0.336 e. The number of carboxylic acid groups (broad SMARTS) is 2. The molecule has 1 aliphatic rings. The van der Waals surface area contributed by atoms with Gasteiger partial charge in [-0.05, 0) is 66.9 Å². The number of hydrogen-bond acceptors (Lipinski definition) is 2. The van der Waals surface area contributed by atoms with Gasteiger partial charge in [0.15, 0.2) is 0 Å². The van der Waals surface area contributed by atoms with E-state index in [1.165, 1.54) is 39.4 Å². The number of benzene rings is 7. The van der Waals surface area contributed by atoms with Gasteiger partial charge in [0.2, 0.25) is 0 Å². The van der Waals surface area contributed by atoms with Gasteiger partial charge in [-0.15, -0.1) is 0 Å². The first-order valence-electron chi connectivity index (χ1n) is 16.1. The van der Waals surface area contributed by atoms with Crippen molar-refractivity contribution in [1.29, 1.82) is 0 Å². The fourth-order valence-electron chi connectivity index (χ4n) is 6.80. The van der Waals surface area contributed by atoms with Crippen molar-refractivity contribution in [3.63, 3.8) is 0 Å². The third kappa shape index (κ3) is 6.16. The molecule has 0 aliphatic heterocycles. The number of carboxylic acids is 2. The second-order valence-electron chi connectivity index (χ2n) is 11.8. The molecule has 0 heterocycles. The fourth-order valence-corrected chi connectivity index (χ4v) is 6.80. The maximum Gasteiger partial charge on any atom is 0.336 e. The van der Waals surface area contributed by atoms with Crippen LogP contribution in [0.15, 0.2) is 170 Å². The standard InChI is InChI=1S/C24H18.C21H14O4/c1-4-11-19(12-5-1)22-17-10-18-23(20-13-6-2-7-14-20)24(22)21-15-8-3-9-16-21;22-20(23)17-9-3-8-16(19(17)21(24)25)14-11-10-13-5-1-4-12-6-2-7-15(14)18(12)13/h1-18H;1-11,14H,(H,22,23)(H,24,25). The minimum atomic E-state index is -1.24. The predicted molar refractivity (Wildman–Crippen MR) is 198 cm³/mol. The first kappa shape index (κ1) is 31.1. The molecular weight excluding hydrogens is 604 g/mol. The molecule has 8 rings (SSSR count). The lowest BCUT2D eigenvalue weighted by Crippen LogP contribution is -2.14. The first-order chi connectivity index (χ1) is 24.0. The van der Waals surface area contributed by atoms with Gasteiger partial charge in [0.05, 0.1) is 11.1 Å². The highest BCUT2D eigenvalue weighted by Gasteiger charge is 2.27. The fraction of sp³-hybridized carbons (Fsp3) is 0.0222. The molecule has 0 amide bonds. The van der Waals surface area contributed by atoms with Gasteiger partial charge in [-0.25, -0.2) is 9.59 Å². The molecule has 4 nitrogen and oxygen atoms in total. The number of rotatable bonds is 6. The predicted octanol–water partition coefficient (Wildman–Crippen LogP) is 11.1. The Morgan fingerprint density at radius 2 is 0.980 bits per heavy atom. The summed E-state index contributed by atoms with van der Waals surface area (Å²) in [6, 6.07) is 55.0. The minimum Gasteiger partial charge on any atom is -0.478 e. The second-order valence-corrected chi connectivity index (χ2v) is 11.8. The molecule has 7 aromatic rings. The van der Waals surface area contributed by atoms with E-state index in [1.807, 2.05) is 48.6 Å². The molecule has 0 fully saturated rings.